The summed E-state index contributed by atoms with van der Waals surface area (Å²) in [5, 5.41) is 12.6. The molecule has 0 saturated heterocycles. The van der Waals surface area contributed by atoms with E-state index in [1.54, 1.807) is 24.1 Å². The van der Waals surface area contributed by atoms with Gasteiger partial charge < -0.3 is 5.32 Å². The molecule has 1 aromatic heterocycles. The average Bonchev–Trinajstić information content (AvgIpc) is 3.26. The highest BCUT2D eigenvalue weighted by Crippen LogP contribution is 2.29. The Balaban J connectivity index is 1.38. The Kier molecular flexibility index (Phi) is 8.10. The standard InChI is InChI=1S/C22H23BrN4O2S/c1-27(22-26-25-21(30-22)17-11-13-18(23)14-12-17)19(28)10-6-3-7-15-24-20(29)16-8-4-2-5-9-16/h2,4-5,8-9,11-14H,3,6-7,10,15H2,1H3,(H,24,29). The van der Waals surface area contributed by atoms with Crippen molar-refractivity contribution < 1.29 is 9.59 Å². The molecule has 0 aliphatic rings. The summed E-state index contributed by atoms with van der Waals surface area (Å²) >= 11 is 4.81. The molecule has 8 heteroatoms. The minimum absolute atomic E-state index is 0.0156. The van der Waals surface area contributed by atoms with Crippen LogP contribution in [0.4, 0.5) is 5.13 Å². The minimum Gasteiger partial charge on any atom is -0.352 e. The lowest BCUT2D eigenvalue weighted by molar-refractivity contribution is -0.118. The molecule has 2 aromatic carbocycles. The van der Waals surface area contributed by atoms with Gasteiger partial charge in [-0.2, -0.15) is 0 Å². The predicted octanol–water partition coefficient (Wildman–Crippen LogP) is 4.92. The third-order valence-electron chi connectivity index (χ3n) is 4.56. The van der Waals surface area contributed by atoms with E-state index in [4.69, 9.17) is 0 Å². The number of rotatable bonds is 9. The minimum atomic E-state index is -0.0655. The van der Waals surface area contributed by atoms with Crippen LogP contribution < -0.4 is 10.2 Å². The van der Waals surface area contributed by atoms with E-state index in [0.717, 1.165) is 34.3 Å². The van der Waals surface area contributed by atoms with Crippen LogP contribution in [0.2, 0.25) is 0 Å². The molecule has 1 heterocycles. The number of carbonyl (C=O) groups excluding carboxylic acids is 2. The van der Waals surface area contributed by atoms with E-state index >= 15 is 0 Å². The van der Waals surface area contributed by atoms with Gasteiger partial charge in [0.05, 0.1) is 0 Å². The monoisotopic (exact) mass is 486 g/mol. The van der Waals surface area contributed by atoms with Gasteiger partial charge in [0.15, 0.2) is 0 Å². The summed E-state index contributed by atoms with van der Waals surface area (Å²) in [6.45, 7) is 0.602. The first-order valence-electron chi connectivity index (χ1n) is 9.74. The summed E-state index contributed by atoms with van der Waals surface area (Å²) in [4.78, 5) is 26.0. The van der Waals surface area contributed by atoms with Gasteiger partial charge in [0.25, 0.3) is 5.91 Å². The zero-order chi connectivity index (χ0) is 21.3. The van der Waals surface area contributed by atoms with Crippen molar-refractivity contribution in [3.05, 3.63) is 64.6 Å². The molecule has 1 N–H and O–H groups in total. The Morgan fingerprint density at radius 1 is 1.00 bits per heavy atom. The Morgan fingerprint density at radius 3 is 2.47 bits per heavy atom. The van der Waals surface area contributed by atoms with Crippen molar-refractivity contribution in [1.82, 2.24) is 15.5 Å². The van der Waals surface area contributed by atoms with E-state index in [2.05, 4.69) is 31.4 Å². The summed E-state index contributed by atoms with van der Waals surface area (Å²) in [6.07, 6.45) is 2.91. The molecule has 0 aliphatic heterocycles. The fraction of sp³-hybridized carbons (Fsp3) is 0.273. The third kappa shape index (κ3) is 6.21. The summed E-state index contributed by atoms with van der Waals surface area (Å²) in [5.41, 5.74) is 1.63. The van der Waals surface area contributed by atoms with Gasteiger partial charge >= 0.3 is 0 Å². The summed E-state index contributed by atoms with van der Waals surface area (Å²) < 4.78 is 1.00. The zero-order valence-corrected chi connectivity index (χ0v) is 19.1. The number of aromatic nitrogens is 2. The van der Waals surface area contributed by atoms with Crippen LogP contribution in [0.25, 0.3) is 10.6 Å². The molecule has 0 unspecified atom stereocenters. The highest BCUT2D eigenvalue weighted by atomic mass is 79.9. The fourth-order valence-electron chi connectivity index (χ4n) is 2.81. The van der Waals surface area contributed by atoms with Gasteiger partial charge in [-0.15, -0.1) is 10.2 Å². The maximum atomic E-state index is 12.4. The van der Waals surface area contributed by atoms with Crippen molar-refractivity contribution in [2.24, 2.45) is 0 Å². The number of hydrogen-bond acceptors (Lipinski definition) is 5. The van der Waals surface area contributed by atoms with Crippen molar-refractivity contribution in [1.29, 1.82) is 0 Å². The van der Waals surface area contributed by atoms with Crippen LogP contribution in [0.15, 0.2) is 59.1 Å². The molecule has 3 rings (SSSR count). The lowest BCUT2D eigenvalue weighted by atomic mass is 10.1. The van der Waals surface area contributed by atoms with E-state index in [0.29, 0.717) is 23.7 Å². The van der Waals surface area contributed by atoms with Crippen molar-refractivity contribution >= 4 is 44.2 Å². The number of unbranched alkanes of at least 4 members (excludes halogenated alkanes) is 2. The predicted molar refractivity (Wildman–Crippen MR) is 124 cm³/mol. The number of halogens is 1. The first-order valence-corrected chi connectivity index (χ1v) is 11.3. The Morgan fingerprint density at radius 2 is 1.73 bits per heavy atom. The maximum Gasteiger partial charge on any atom is 0.251 e. The summed E-state index contributed by atoms with van der Waals surface area (Å²) in [6, 6.07) is 17.0. The average molecular weight is 487 g/mol. The van der Waals surface area contributed by atoms with Crippen molar-refractivity contribution in [3.63, 3.8) is 0 Å². The molecule has 30 heavy (non-hydrogen) atoms. The van der Waals surface area contributed by atoms with Crippen molar-refractivity contribution in [2.45, 2.75) is 25.7 Å². The van der Waals surface area contributed by atoms with Crippen LogP contribution >= 0.6 is 27.3 Å². The van der Waals surface area contributed by atoms with E-state index in [-0.39, 0.29) is 11.8 Å². The quantitative estimate of drug-likeness (QED) is 0.435. The number of nitrogens with one attached hydrogen (secondary N) is 1. The SMILES string of the molecule is CN(C(=O)CCCCCNC(=O)c1ccccc1)c1nnc(-c2ccc(Br)cc2)s1. The lowest BCUT2D eigenvalue weighted by Crippen LogP contribution is -2.26. The van der Waals surface area contributed by atoms with Crippen molar-refractivity contribution in [2.75, 3.05) is 18.5 Å². The van der Waals surface area contributed by atoms with Gasteiger partial charge in [-0.05, 0) is 37.1 Å². The van der Waals surface area contributed by atoms with E-state index in [9.17, 15) is 9.59 Å². The number of amides is 2. The number of nitrogens with zero attached hydrogens (tertiary/aromatic N) is 3. The Bertz CT molecular complexity index is 976. The van der Waals surface area contributed by atoms with Gasteiger partial charge in [0, 0.05) is 35.6 Å². The number of hydrogen-bond donors (Lipinski definition) is 1. The van der Waals surface area contributed by atoms with Crippen LogP contribution in [0.1, 0.15) is 36.0 Å². The van der Waals surface area contributed by atoms with Gasteiger partial charge in [0.2, 0.25) is 11.0 Å². The molecule has 3 aromatic rings. The van der Waals surface area contributed by atoms with Crippen LogP contribution in [-0.4, -0.2) is 35.6 Å². The first-order chi connectivity index (χ1) is 14.5. The molecule has 0 saturated carbocycles. The molecule has 0 atom stereocenters. The van der Waals surface area contributed by atoms with E-state index in [1.807, 2.05) is 42.5 Å². The van der Waals surface area contributed by atoms with E-state index < -0.39 is 0 Å². The molecule has 156 valence electrons. The Hall–Kier alpha value is -2.58. The molecular weight excluding hydrogens is 464 g/mol. The molecule has 2 amide bonds. The van der Waals surface area contributed by atoms with Gasteiger partial charge in [-0.3, -0.25) is 14.5 Å². The second-order valence-electron chi connectivity index (χ2n) is 6.78. The highest BCUT2D eigenvalue weighted by Gasteiger charge is 2.16. The van der Waals surface area contributed by atoms with Crippen LogP contribution in [0.3, 0.4) is 0 Å². The fourth-order valence-corrected chi connectivity index (χ4v) is 3.90. The lowest BCUT2D eigenvalue weighted by Gasteiger charge is -2.12. The van der Waals surface area contributed by atoms with Gasteiger partial charge in [0.1, 0.15) is 5.01 Å². The normalized spacial score (nSPS) is 10.6. The Labute approximate surface area is 188 Å². The maximum absolute atomic E-state index is 12.4. The summed E-state index contributed by atoms with van der Waals surface area (Å²) in [5.74, 6) is -0.0499. The zero-order valence-electron chi connectivity index (χ0n) is 16.7. The van der Waals surface area contributed by atoms with Crippen molar-refractivity contribution in [3.8, 4) is 10.6 Å². The van der Waals surface area contributed by atoms with E-state index in [1.165, 1.54) is 11.3 Å². The second-order valence-corrected chi connectivity index (χ2v) is 8.65. The first kappa shape index (κ1) is 22.1. The molecule has 0 radical (unpaired) electrons. The van der Waals surface area contributed by atoms with Crippen LogP contribution in [0.5, 0.6) is 0 Å². The number of benzene rings is 2. The molecular formula is C22H23BrN4O2S. The molecule has 0 spiro atoms. The molecule has 0 aliphatic carbocycles. The largest absolute Gasteiger partial charge is 0.352 e. The third-order valence-corrected chi connectivity index (χ3v) is 6.13. The van der Waals surface area contributed by atoms with Crippen LogP contribution in [-0.2, 0) is 4.79 Å². The number of carbonyl (C=O) groups is 2. The van der Waals surface area contributed by atoms with Gasteiger partial charge in [-0.1, -0.05) is 64.0 Å². The number of anilines is 1. The highest BCUT2D eigenvalue weighted by molar-refractivity contribution is 9.10. The topological polar surface area (TPSA) is 75.2 Å². The smallest absolute Gasteiger partial charge is 0.251 e. The second kappa shape index (κ2) is 11.0. The van der Waals surface area contributed by atoms with Gasteiger partial charge in [-0.25, -0.2) is 0 Å². The molecule has 0 fully saturated rings. The molecule has 0 bridgehead atoms. The molecule has 6 nitrogen and oxygen atoms in total. The summed E-state index contributed by atoms with van der Waals surface area (Å²) in [7, 11) is 1.73. The van der Waals surface area contributed by atoms with Crippen LogP contribution in [0, 0.1) is 0 Å².